The number of aromatic hydroxyl groups is 1. The minimum absolute atomic E-state index is 0.0655. The molecule has 3 N–H and O–H groups in total. The van der Waals surface area contributed by atoms with Crippen molar-refractivity contribution in [3.05, 3.63) is 27.7 Å². The molecule has 0 aliphatic carbocycles. The van der Waals surface area contributed by atoms with E-state index in [0.29, 0.717) is 0 Å². The summed E-state index contributed by atoms with van der Waals surface area (Å²) in [6.45, 7) is 0.242. The zero-order chi connectivity index (χ0) is 10.7. The topological polar surface area (TPSA) is 63.3 Å². The number of ketones is 1. The zero-order valence-electron chi connectivity index (χ0n) is 7.26. The molecule has 0 bridgehead atoms. The first-order chi connectivity index (χ1) is 6.56. The maximum absolute atomic E-state index is 11.5. The molecule has 0 unspecified atom stereocenters. The lowest BCUT2D eigenvalue weighted by molar-refractivity contribution is 0.0986. The highest BCUT2D eigenvalue weighted by atomic mass is 35.5. The van der Waals surface area contributed by atoms with Crippen LogP contribution in [-0.2, 0) is 0 Å². The monoisotopic (exact) mass is 233 g/mol. The van der Waals surface area contributed by atoms with Gasteiger partial charge in [0.15, 0.2) is 5.78 Å². The minimum Gasteiger partial charge on any atom is -0.508 e. The van der Waals surface area contributed by atoms with E-state index in [1.54, 1.807) is 0 Å². The quantitative estimate of drug-likeness (QED) is 0.788. The molecule has 0 aliphatic heterocycles. The second-order valence-corrected chi connectivity index (χ2v) is 3.56. The lowest BCUT2D eigenvalue weighted by Crippen LogP contribution is -2.09. The Hall–Kier alpha value is -0.770. The first-order valence-electron chi connectivity index (χ1n) is 3.97. The second-order valence-electron chi connectivity index (χ2n) is 2.75. The van der Waals surface area contributed by atoms with Crippen LogP contribution in [-0.4, -0.2) is 17.4 Å². The highest BCUT2D eigenvalue weighted by Gasteiger charge is 2.14. The number of hydrogen-bond donors (Lipinski definition) is 2. The van der Waals surface area contributed by atoms with E-state index in [9.17, 15) is 4.79 Å². The Morgan fingerprint density at radius 1 is 1.36 bits per heavy atom. The third-order valence-electron chi connectivity index (χ3n) is 1.68. The number of nitrogens with two attached hydrogens (primary N) is 1. The van der Waals surface area contributed by atoms with Crippen molar-refractivity contribution in [2.24, 2.45) is 5.73 Å². The van der Waals surface area contributed by atoms with Crippen LogP contribution in [0.4, 0.5) is 0 Å². The maximum Gasteiger partial charge on any atom is 0.167 e. The number of halogens is 2. The molecule has 0 saturated heterocycles. The van der Waals surface area contributed by atoms with Gasteiger partial charge in [-0.2, -0.15) is 0 Å². The lowest BCUT2D eigenvalue weighted by atomic mass is 10.1. The van der Waals surface area contributed by atoms with Crippen LogP contribution in [0.15, 0.2) is 12.1 Å². The molecule has 0 saturated carbocycles. The Labute approximate surface area is 91.4 Å². The summed E-state index contributed by atoms with van der Waals surface area (Å²) in [5.41, 5.74) is 5.46. The fourth-order valence-corrected chi connectivity index (χ4v) is 1.77. The van der Waals surface area contributed by atoms with Crippen molar-refractivity contribution in [1.82, 2.24) is 0 Å². The van der Waals surface area contributed by atoms with Crippen molar-refractivity contribution >= 4 is 29.0 Å². The van der Waals surface area contributed by atoms with E-state index in [0.717, 1.165) is 0 Å². The number of rotatable bonds is 3. The van der Waals surface area contributed by atoms with Gasteiger partial charge in [-0.15, -0.1) is 0 Å². The Kier molecular flexibility index (Phi) is 3.75. The number of phenolic OH excluding ortho intramolecular Hbond substituents is 1. The zero-order valence-corrected chi connectivity index (χ0v) is 8.77. The molecule has 76 valence electrons. The van der Waals surface area contributed by atoms with Gasteiger partial charge in [0.05, 0.1) is 15.6 Å². The van der Waals surface area contributed by atoms with E-state index in [1.165, 1.54) is 12.1 Å². The highest BCUT2D eigenvalue weighted by Crippen LogP contribution is 2.30. The van der Waals surface area contributed by atoms with Crippen molar-refractivity contribution in [2.75, 3.05) is 6.54 Å². The highest BCUT2D eigenvalue weighted by molar-refractivity contribution is 6.40. The third kappa shape index (κ3) is 2.38. The van der Waals surface area contributed by atoms with Gasteiger partial charge in [-0.1, -0.05) is 23.2 Å². The fraction of sp³-hybridized carbons (Fsp3) is 0.222. The van der Waals surface area contributed by atoms with Crippen molar-refractivity contribution < 1.29 is 9.90 Å². The maximum atomic E-state index is 11.5. The number of carbonyl (C=O) groups excluding carboxylic acids is 1. The molecule has 0 heterocycles. The molecule has 3 nitrogen and oxygen atoms in total. The summed E-state index contributed by atoms with van der Waals surface area (Å²) in [6.07, 6.45) is 0.185. The van der Waals surface area contributed by atoms with Crippen molar-refractivity contribution in [1.29, 1.82) is 0 Å². The first kappa shape index (κ1) is 11.3. The number of Topliss-reactive ketones (excluding diaryl/α,β-unsaturated/α-hetero) is 1. The predicted octanol–water partition coefficient (Wildman–Crippen LogP) is 2.23. The molecule has 1 aromatic rings. The molecule has 1 rings (SSSR count). The van der Waals surface area contributed by atoms with Gasteiger partial charge in [0, 0.05) is 6.42 Å². The summed E-state index contributed by atoms with van der Waals surface area (Å²) in [4.78, 5) is 11.5. The summed E-state index contributed by atoms with van der Waals surface area (Å²) in [6, 6.07) is 2.55. The van der Waals surface area contributed by atoms with E-state index in [1.807, 2.05) is 0 Å². The number of benzene rings is 1. The fourth-order valence-electron chi connectivity index (χ4n) is 1.08. The molecule has 0 spiro atoms. The van der Waals surface area contributed by atoms with E-state index < -0.39 is 0 Å². The van der Waals surface area contributed by atoms with Gasteiger partial charge in [-0.05, 0) is 18.7 Å². The summed E-state index contributed by atoms with van der Waals surface area (Å²) in [5, 5.41) is 9.42. The Morgan fingerprint density at radius 3 is 2.29 bits per heavy atom. The van der Waals surface area contributed by atoms with Gasteiger partial charge < -0.3 is 10.8 Å². The predicted molar refractivity (Wildman–Crippen MR) is 56.1 cm³/mol. The van der Waals surface area contributed by atoms with Crippen LogP contribution in [0.1, 0.15) is 16.8 Å². The molecule has 0 aliphatic rings. The van der Waals surface area contributed by atoms with Crippen LogP contribution >= 0.6 is 23.2 Å². The van der Waals surface area contributed by atoms with Gasteiger partial charge in [0.1, 0.15) is 5.75 Å². The SMILES string of the molecule is NCCC(=O)c1c(Cl)cc(O)cc1Cl. The number of hydrogen-bond acceptors (Lipinski definition) is 3. The number of phenols is 1. The Bertz CT molecular complexity index is 343. The van der Waals surface area contributed by atoms with Crippen LogP contribution in [0, 0.1) is 0 Å². The minimum atomic E-state index is -0.220. The normalized spacial score (nSPS) is 10.2. The van der Waals surface area contributed by atoms with Crippen LogP contribution in [0.5, 0.6) is 5.75 Å². The van der Waals surface area contributed by atoms with Gasteiger partial charge in [-0.25, -0.2) is 0 Å². The molecule has 0 atom stereocenters. The molecule has 1 aromatic carbocycles. The third-order valence-corrected chi connectivity index (χ3v) is 2.27. The number of carbonyl (C=O) groups is 1. The Morgan fingerprint density at radius 2 is 1.86 bits per heavy atom. The molecular weight excluding hydrogens is 225 g/mol. The van der Waals surface area contributed by atoms with Gasteiger partial charge >= 0.3 is 0 Å². The standard InChI is InChI=1S/C9H9Cl2NO2/c10-6-3-5(13)4-7(11)9(6)8(14)1-2-12/h3-4,13H,1-2,12H2. The average molecular weight is 234 g/mol. The van der Waals surface area contributed by atoms with Gasteiger partial charge in [-0.3, -0.25) is 4.79 Å². The molecule has 5 heteroatoms. The van der Waals surface area contributed by atoms with E-state index >= 15 is 0 Å². The molecule has 0 amide bonds. The van der Waals surface area contributed by atoms with Crippen molar-refractivity contribution in [3.8, 4) is 5.75 Å². The molecule has 0 radical (unpaired) electrons. The average Bonchev–Trinajstić information content (AvgIpc) is 2.01. The van der Waals surface area contributed by atoms with Crippen LogP contribution in [0.25, 0.3) is 0 Å². The summed E-state index contributed by atoms with van der Waals surface area (Å²) < 4.78 is 0. The molecule has 0 aromatic heterocycles. The lowest BCUT2D eigenvalue weighted by Gasteiger charge is -2.05. The van der Waals surface area contributed by atoms with Crippen molar-refractivity contribution in [2.45, 2.75) is 6.42 Å². The van der Waals surface area contributed by atoms with Crippen molar-refractivity contribution in [3.63, 3.8) is 0 Å². The van der Waals surface area contributed by atoms with Gasteiger partial charge in [0.25, 0.3) is 0 Å². The first-order valence-corrected chi connectivity index (χ1v) is 4.73. The summed E-state index contributed by atoms with van der Waals surface area (Å²) >= 11 is 11.5. The van der Waals surface area contributed by atoms with E-state index in [-0.39, 0.29) is 40.1 Å². The molecule has 14 heavy (non-hydrogen) atoms. The second kappa shape index (κ2) is 4.64. The largest absolute Gasteiger partial charge is 0.508 e. The summed E-state index contributed by atoms with van der Waals surface area (Å²) in [5.74, 6) is -0.285. The van der Waals surface area contributed by atoms with E-state index in [2.05, 4.69) is 0 Å². The smallest absolute Gasteiger partial charge is 0.167 e. The molecular formula is C9H9Cl2NO2. The van der Waals surface area contributed by atoms with Crippen LogP contribution in [0.3, 0.4) is 0 Å². The molecule has 0 fully saturated rings. The summed E-state index contributed by atoms with van der Waals surface area (Å²) in [7, 11) is 0. The van der Waals surface area contributed by atoms with Crippen LogP contribution < -0.4 is 5.73 Å². The van der Waals surface area contributed by atoms with Crippen LogP contribution in [0.2, 0.25) is 10.0 Å². The van der Waals surface area contributed by atoms with Gasteiger partial charge in [0.2, 0.25) is 0 Å². The Balaban J connectivity index is 3.14. The van der Waals surface area contributed by atoms with E-state index in [4.69, 9.17) is 34.0 Å².